The van der Waals surface area contributed by atoms with Crippen LogP contribution in [0.25, 0.3) is 0 Å². The van der Waals surface area contributed by atoms with Crippen molar-refractivity contribution in [2.75, 3.05) is 26.2 Å². The lowest BCUT2D eigenvalue weighted by molar-refractivity contribution is 0.135. The first-order valence-corrected chi connectivity index (χ1v) is 8.51. The predicted molar refractivity (Wildman–Crippen MR) is 89.8 cm³/mol. The number of nitrogens with zero attached hydrogens (tertiary/aromatic N) is 2. The highest BCUT2D eigenvalue weighted by Crippen LogP contribution is 2.13. The van der Waals surface area contributed by atoms with Gasteiger partial charge in [0.2, 0.25) is 0 Å². The van der Waals surface area contributed by atoms with Crippen LogP contribution in [0, 0.1) is 0 Å². The summed E-state index contributed by atoms with van der Waals surface area (Å²) >= 11 is 1.79. The molecule has 1 N–H and O–H groups in total. The van der Waals surface area contributed by atoms with Gasteiger partial charge in [0, 0.05) is 44.1 Å². The Labute approximate surface area is 135 Å². The van der Waals surface area contributed by atoms with Crippen molar-refractivity contribution in [2.24, 2.45) is 0 Å². The van der Waals surface area contributed by atoms with E-state index in [0.717, 1.165) is 38.3 Å². The second-order valence-corrected chi connectivity index (χ2v) is 6.52. The van der Waals surface area contributed by atoms with Gasteiger partial charge in [0.25, 0.3) is 0 Å². The molecular weight excluding hydrogens is 294 g/mol. The molecule has 22 heavy (non-hydrogen) atoms. The van der Waals surface area contributed by atoms with Gasteiger partial charge >= 0.3 is 6.03 Å². The van der Waals surface area contributed by atoms with Crippen molar-refractivity contribution in [1.29, 1.82) is 0 Å². The van der Waals surface area contributed by atoms with Gasteiger partial charge in [-0.1, -0.05) is 36.4 Å². The number of benzene rings is 1. The molecule has 0 aliphatic carbocycles. The molecule has 2 heterocycles. The Morgan fingerprint density at radius 2 is 1.82 bits per heavy atom. The molecule has 3 rings (SSSR count). The van der Waals surface area contributed by atoms with Crippen LogP contribution in [0.5, 0.6) is 0 Å². The average Bonchev–Trinajstić information content (AvgIpc) is 3.07. The summed E-state index contributed by atoms with van der Waals surface area (Å²) in [6, 6.07) is 14.3. The Kier molecular flexibility index (Phi) is 5.08. The maximum absolute atomic E-state index is 12.2. The van der Waals surface area contributed by atoms with E-state index in [2.05, 4.69) is 27.7 Å². The zero-order chi connectivity index (χ0) is 15.2. The highest BCUT2D eigenvalue weighted by atomic mass is 32.1. The van der Waals surface area contributed by atoms with Gasteiger partial charge in [-0.15, -0.1) is 11.3 Å². The maximum atomic E-state index is 12.2. The van der Waals surface area contributed by atoms with Crippen LogP contribution in [-0.2, 0) is 13.1 Å². The summed E-state index contributed by atoms with van der Waals surface area (Å²) < 4.78 is 0. The van der Waals surface area contributed by atoms with Crippen LogP contribution in [0.3, 0.4) is 0 Å². The fourth-order valence-electron chi connectivity index (χ4n) is 2.62. The van der Waals surface area contributed by atoms with Crippen molar-refractivity contribution in [2.45, 2.75) is 13.1 Å². The number of carbonyl (C=O) groups excluding carboxylic acids is 1. The van der Waals surface area contributed by atoms with E-state index < -0.39 is 0 Å². The number of hydrogen-bond acceptors (Lipinski definition) is 3. The molecule has 0 saturated carbocycles. The predicted octanol–water partition coefficient (Wildman–Crippen LogP) is 2.78. The van der Waals surface area contributed by atoms with Gasteiger partial charge in [0.1, 0.15) is 0 Å². The SMILES string of the molecule is O=C(NCc1ccccc1)N1CCN(Cc2cccs2)CC1. The molecule has 0 radical (unpaired) electrons. The van der Waals surface area contributed by atoms with Crippen LogP contribution in [0.1, 0.15) is 10.4 Å². The summed E-state index contributed by atoms with van der Waals surface area (Å²) in [4.78, 5) is 17.9. The van der Waals surface area contributed by atoms with E-state index in [1.165, 1.54) is 4.88 Å². The molecule has 2 amide bonds. The van der Waals surface area contributed by atoms with Gasteiger partial charge in [-0.2, -0.15) is 0 Å². The molecule has 0 unspecified atom stereocenters. The largest absolute Gasteiger partial charge is 0.334 e. The van der Waals surface area contributed by atoms with Crippen LogP contribution >= 0.6 is 11.3 Å². The molecule has 0 atom stereocenters. The quantitative estimate of drug-likeness (QED) is 0.942. The lowest BCUT2D eigenvalue weighted by Gasteiger charge is -2.34. The third-order valence-electron chi connectivity index (χ3n) is 3.91. The number of carbonyl (C=O) groups is 1. The second kappa shape index (κ2) is 7.42. The molecule has 4 nitrogen and oxygen atoms in total. The van der Waals surface area contributed by atoms with Gasteiger partial charge in [0.15, 0.2) is 0 Å². The number of rotatable bonds is 4. The van der Waals surface area contributed by atoms with E-state index in [1.54, 1.807) is 11.3 Å². The molecule has 0 bridgehead atoms. The summed E-state index contributed by atoms with van der Waals surface area (Å²) in [5.74, 6) is 0. The van der Waals surface area contributed by atoms with E-state index in [0.29, 0.717) is 6.54 Å². The molecule has 1 aromatic heterocycles. The Bertz CT molecular complexity index is 577. The minimum absolute atomic E-state index is 0.0413. The van der Waals surface area contributed by atoms with Gasteiger partial charge in [-0.05, 0) is 17.0 Å². The molecule has 1 fully saturated rings. The number of piperazine rings is 1. The molecule has 1 aromatic carbocycles. The molecule has 1 aliphatic rings. The van der Waals surface area contributed by atoms with E-state index in [1.807, 2.05) is 35.2 Å². The minimum atomic E-state index is 0.0413. The highest BCUT2D eigenvalue weighted by molar-refractivity contribution is 7.09. The van der Waals surface area contributed by atoms with Gasteiger partial charge in [0.05, 0.1) is 0 Å². The van der Waals surface area contributed by atoms with E-state index >= 15 is 0 Å². The maximum Gasteiger partial charge on any atom is 0.317 e. The van der Waals surface area contributed by atoms with Crippen molar-refractivity contribution in [3.63, 3.8) is 0 Å². The fourth-order valence-corrected chi connectivity index (χ4v) is 3.36. The van der Waals surface area contributed by atoms with Crippen LogP contribution in [0.15, 0.2) is 47.8 Å². The van der Waals surface area contributed by atoms with E-state index in [4.69, 9.17) is 0 Å². The molecule has 2 aromatic rings. The summed E-state index contributed by atoms with van der Waals surface area (Å²) in [6.07, 6.45) is 0. The number of amides is 2. The molecule has 1 saturated heterocycles. The van der Waals surface area contributed by atoms with Crippen LogP contribution in [-0.4, -0.2) is 42.0 Å². The zero-order valence-corrected chi connectivity index (χ0v) is 13.4. The number of urea groups is 1. The third kappa shape index (κ3) is 4.08. The number of thiophene rings is 1. The minimum Gasteiger partial charge on any atom is -0.334 e. The van der Waals surface area contributed by atoms with Crippen LogP contribution in [0.2, 0.25) is 0 Å². The van der Waals surface area contributed by atoms with E-state index in [-0.39, 0.29) is 6.03 Å². The lowest BCUT2D eigenvalue weighted by atomic mass is 10.2. The lowest BCUT2D eigenvalue weighted by Crippen LogP contribution is -2.51. The summed E-state index contributed by atoms with van der Waals surface area (Å²) in [7, 11) is 0. The first kappa shape index (κ1) is 15.1. The standard InChI is InChI=1S/C17H21N3OS/c21-17(18-13-15-5-2-1-3-6-15)20-10-8-19(9-11-20)14-16-7-4-12-22-16/h1-7,12H,8-11,13-14H2,(H,18,21). The Morgan fingerprint density at radius 1 is 1.05 bits per heavy atom. The summed E-state index contributed by atoms with van der Waals surface area (Å²) in [6.45, 7) is 5.07. The van der Waals surface area contributed by atoms with Gasteiger partial charge < -0.3 is 10.2 Å². The Hall–Kier alpha value is -1.85. The molecule has 1 aliphatic heterocycles. The van der Waals surface area contributed by atoms with Crippen molar-refractivity contribution < 1.29 is 4.79 Å². The highest BCUT2D eigenvalue weighted by Gasteiger charge is 2.20. The molecular formula is C17H21N3OS. The molecule has 0 spiro atoms. The second-order valence-electron chi connectivity index (χ2n) is 5.49. The third-order valence-corrected chi connectivity index (χ3v) is 4.77. The molecule has 5 heteroatoms. The summed E-state index contributed by atoms with van der Waals surface area (Å²) in [5.41, 5.74) is 1.13. The van der Waals surface area contributed by atoms with Crippen LogP contribution < -0.4 is 5.32 Å². The zero-order valence-electron chi connectivity index (χ0n) is 12.6. The van der Waals surface area contributed by atoms with Crippen LogP contribution in [0.4, 0.5) is 4.79 Å². The Morgan fingerprint density at radius 3 is 2.50 bits per heavy atom. The topological polar surface area (TPSA) is 35.6 Å². The van der Waals surface area contributed by atoms with Gasteiger partial charge in [-0.3, -0.25) is 4.90 Å². The normalized spacial score (nSPS) is 15.7. The number of nitrogens with one attached hydrogen (secondary N) is 1. The fraction of sp³-hybridized carbons (Fsp3) is 0.353. The van der Waals surface area contributed by atoms with Crippen molar-refractivity contribution in [1.82, 2.24) is 15.1 Å². The van der Waals surface area contributed by atoms with Crippen molar-refractivity contribution >= 4 is 17.4 Å². The smallest absolute Gasteiger partial charge is 0.317 e. The number of hydrogen-bond donors (Lipinski definition) is 1. The average molecular weight is 315 g/mol. The van der Waals surface area contributed by atoms with E-state index in [9.17, 15) is 4.79 Å². The van der Waals surface area contributed by atoms with Crippen molar-refractivity contribution in [3.8, 4) is 0 Å². The van der Waals surface area contributed by atoms with Gasteiger partial charge in [-0.25, -0.2) is 4.79 Å². The Balaban J connectivity index is 1.42. The first-order valence-electron chi connectivity index (χ1n) is 7.63. The summed E-state index contributed by atoms with van der Waals surface area (Å²) in [5, 5.41) is 5.11. The molecule has 116 valence electrons. The van der Waals surface area contributed by atoms with Crippen molar-refractivity contribution in [3.05, 3.63) is 58.3 Å². The monoisotopic (exact) mass is 315 g/mol. The first-order chi connectivity index (χ1) is 10.8.